The van der Waals surface area contributed by atoms with Gasteiger partial charge in [0, 0.05) is 33.2 Å². The van der Waals surface area contributed by atoms with Gasteiger partial charge in [-0.25, -0.2) is 0 Å². The SMILES string of the molecule is c1ccc(-c2ccc(N(c3ccc4c(c3)-c3ccccc3C43CC4CCC3C4)c3ccc4oc5ccccc5c4c3)cc2)cc1. The van der Waals surface area contributed by atoms with Crippen LogP contribution in [0.2, 0.25) is 0 Å². The van der Waals surface area contributed by atoms with Crippen molar-refractivity contribution in [3.8, 4) is 22.3 Å². The zero-order valence-corrected chi connectivity index (χ0v) is 25.1. The lowest BCUT2D eigenvalue weighted by atomic mass is 9.67. The number of hydrogen-bond donors (Lipinski definition) is 0. The quantitative estimate of drug-likeness (QED) is 0.206. The van der Waals surface area contributed by atoms with E-state index in [0.717, 1.165) is 45.1 Å². The van der Waals surface area contributed by atoms with Gasteiger partial charge in [0.1, 0.15) is 11.2 Å². The van der Waals surface area contributed by atoms with Crippen LogP contribution in [0.3, 0.4) is 0 Å². The van der Waals surface area contributed by atoms with Gasteiger partial charge < -0.3 is 9.32 Å². The Morgan fingerprint density at radius 3 is 2.07 bits per heavy atom. The molecule has 1 spiro atoms. The Morgan fingerprint density at radius 2 is 1.22 bits per heavy atom. The summed E-state index contributed by atoms with van der Waals surface area (Å²) in [6.45, 7) is 0. The van der Waals surface area contributed by atoms with Crippen LogP contribution in [0, 0.1) is 11.8 Å². The topological polar surface area (TPSA) is 16.4 Å². The fourth-order valence-electron chi connectivity index (χ4n) is 9.26. The molecule has 6 aromatic carbocycles. The highest BCUT2D eigenvalue weighted by molar-refractivity contribution is 6.06. The molecular formula is C43H33NO. The first-order chi connectivity index (χ1) is 22.3. The van der Waals surface area contributed by atoms with Crippen LogP contribution >= 0.6 is 0 Å². The fourth-order valence-corrected chi connectivity index (χ4v) is 9.26. The van der Waals surface area contributed by atoms with E-state index in [4.69, 9.17) is 4.42 Å². The molecule has 3 aliphatic rings. The summed E-state index contributed by atoms with van der Waals surface area (Å²) in [6, 6.07) is 51.2. The maximum absolute atomic E-state index is 6.22. The Bertz CT molecular complexity index is 2240. The Kier molecular flexibility index (Phi) is 5.31. The molecule has 2 fully saturated rings. The molecule has 2 heteroatoms. The van der Waals surface area contributed by atoms with Crippen molar-refractivity contribution in [3.63, 3.8) is 0 Å². The van der Waals surface area contributed by atoms with Crippen LogP contribution in [-0.4, -0.2) is 0 Å². The second-order valence-corrected chi connectivity index (χ2v) is 13.4. The summed E-state index contributed by atoms with van der Waals surface area (Å²) in [5.74, 6) is 1.62. The van der Waals surface area contributed by atoms with Gasteiger partial charge in [-0.2, -0.15) is 0 Å². The van der Waals surface area contributed by atoms with Gasteiger partial charge in [-0.3, -0.25) is 0 Å². The van der Waals surface area contributed by atoms with E-state index in [9.17, 15) is 0 Å². The molecule has 0 aliphatic heterocycles. The van der Waals surface area contributed by atoms with Gasteiger partial charge >= 0.3 is 0 Å². The summed E-state index contributed by atoms with van der Waals surface area (Å²) in [6.07, 6.45) is 5.45. The average Bonchev–Trinajstić information content (AvgIpc) is 3.87. The second kappa shape index (κ2) is 9.46. The van der Waals surface area contributed by atoms with E-state index in [0.29, 0.717) is 0 Å². The van der Waals surface area contributed by atoms with E-state index >= 15 is 0 Å². The standard InChI is InChI=1S/C43H33NO/c1-2-8-29(9-3-1)30-15-18-32(19-16-30)44(34-21-23-42-38(26-34)36-11-5-7-13-41(36)45-42)33-20-22-40-37(25-33)35-10-4-6-12-39(35)43(40)27-28-14-17-31(43)24-28/h1-13,15-16,18-23,25-26,28,31H,14,17,24,27H2. The van der Waals surface area contributed by atoms with Crippen LogP contribution in [0.15, 0.2) is 144 Å². The van der Waals surface area contributed by atoms with E-state index in [1.165, 1.54) is 53.6 Å². The van der Waals surface area contributed by atoms with E-state index in [1.54, 1.807) is 11.1 Å². The molecule has 1 aromatic heterocycles. The van der Waals surface area contributed by atoms with E-state index in [2.05, 4.69) is 138 Å². The van der Waals surface area contributed by atoms with Crippen LogP contribution in [0.4, 0.5) is 17.1 Å². The third-order valence-electron chi connectivity index (χ3n) is 11.1. The third kappa shape index (κ3) is 3.63. The lowest BCUT2D eigenvalue weighted by Gasteiger charge is -2.36. The van der Waals surface area contributed by atoms with Gasteiger partial charge in [-0.1, -0.05) is 97.4 Å². The van der Waals surface area contributed by atoms with Crippen LogP contribution in [0.5, 0.6) is 0 Å². The largest absolute Gasteiger partial charge is 0.456 e. The number of fused-ring (bicyclic) bond motifs is 11. The Hall–Kier alpha value is -5.08. The Labute approximate surface area is 263 Å². The molecule has 0 amide bonds. The average molecular weight is 580 g/mol. The van der Waals surface area contributed by atoms with Crippen molar-refractivity contribution in [2.24, 2.45) is 11.8 Å². The lowest BCUT2D eigenvalue weighted by Crippen LogP contribution is -2.31. The molecule has 0 N–H and O–H groups in total. The first-order valence-electron chi connectivity index (χ1n) is 16.4. The number of hydrogen-bond acceptors (Lipinski definition) is 2. The highest BCUT2D eigenvalue weighted by atomic mass is 16.3. The number of furan rings is 1. The first kappa shape index (κ1) is 25.3. The Balaban J connectivity index is 1.16. The van der Waals surface area contributed by atoms with E-state index < -0.39 is 0 Å². The minimum absolute atomic E-state index is 0.185. The molecule has 10 rings (SSSR count). The molecule has 3 atom stereocenters. The summed E-state index contributed by atoms with van der Waals surface area (Å²) in [5, 5.41) is 2.29. The van der Waals surface area contributed by atoms with Crippen molar-refractivity contribution in [2.75, 3.05) is 4.90 Å². The van der Waals surface area contributed by atoms with Gasteiger partial charge in [0.05, 0.1) is 0 Å². The second-order valence-electron chi connectivity index (χ2n) is 13.4. The van der Waals surface area contributed by atoms with Gasteiger partial charge in [-0.15, -0.1) is 0 Å². The van der Waals surface area contributed by atoms with Crippen molar-refractivity contribution in [1.29, 1.82) is 0 Å². The summed E-state index contributed by atoms with van der Waals surface area (Å²) in [5.41, 5.74) is 13.9. The number of benzene rings is 6. The minimum Gasteiger partial charge on any atom is -0.456 e. The number of nitrogens with zero attached hydrogens (tertiary/aromatic N) is 1. The van der Waals surface area contributed by atoms with Crippen molar-refractivity contribution in [3.05, 3.63) is 151 Å². The highest BCUT2D eigenvalue weighted by Crippen LogP contribution is 2.66. The van der Waals surface area contributed by atoms with Crippen LogP contribution in [0.1, 0.15) is 36.8 Å². The molecule has 2 saturated carbocycles. The minimum atomic E-state index is 0.185. The van der Waals surface area contributed by atoms with Crippen molar-refractivity contribution < 1.29 is 4.42 Å². The summed E-state index contributed by atoms with van der Waals surface area (Å²) in [7, 11) is 0. The van der Waals surface area contributed by atoms with Crippen LogP contribution in [0.25, 0.3) is 44.2 Å². The van der Waals surface area contributed by atoms with Gasteiger partial charge in [0.2, 0.25) is 0 Å². The van der Waals surface area contributed by atoms with E-state index in [-0.39, 0.29) is 5.41 Å². The van der Waals surface area contributed by atoms with Crippen LogP contribution in [-0.2, 0) is 5.41 Å². The molecule has 7 aromatic rings. The fraction of sp³-hybridized carbons (Fsp3) is 0.163. The predicted octanol–water partition coefficient (Wildman–Crippen LogP) is 11.8. The monoisotopic (exact) mass is 579 g/mol. The third-order valence-corrected chi connectivity index (χ3v) is 11.1. The summed E-state index contributed by atoms with van der Waals surface area (Å²) >= 11 is 0. The number of rotatable bonds is 4. The molecular weight excluding hydrogens is 546 g/mol. The zero-order valence-electron chi connectivity index (χ0n) is 25.1. The van der Waals surface area contributed by atoms with Gasteiger partial charge in [-0.05, 0) is 113 Å². The Morgan fingerprint density at radius 1 is 0.533 bits per heavy atom. The molecule has 3 aliphatic carbocycles. The molecule has 216 valence electrons. The van der Waals surface area contributed by atoms with Crippen molar-refractivity contribution >= 4 is 39.0 Å². The number of para-hydroxylation sites is 1. The summed E-state index contributed by atoms with van der Waals surface area (Å²) < 4.78 is 6.22. The smallest absolute Gasteiger partial charge is 0.135 e. The molecule has 2 nitrogen and oxygen atoms in total. The van der Waals surface area contributed by atoms with Gasteiger partial charge in [0.25, 0.3) is 0 Å². The predicted molar refractivity (Wildman–Crippen MR) is 186 cm³/mol. The molecule has 2 bridgehead atoms. The molecule has 0 saturated heterocycles. The zero-order chi connectivity index (χ0) is 29.5. The first-order valence-corrected chi connectivity index (χ1v) is 16.4. The lowest BCUT2D eigenvalue weighted by molar-refractivity contribution is 0.327. The number of anilines is 3. The normalized spacial score (nSPS) is 21.1. The molecule has 1 heterocycles. The van der Waals surface area contributed by atoms with Crippen LogP contribution < -0.4 is 4.90 Å². The molecule has 45 heavy (non-hydrogen) atoms. The highest BCUT2D eigenvalue weighted by Gasteiger charge is 2.56. The molecule has 0 radical (unpaired) electrons. The van der Waals surface area contributed by atoms with E-state index in [1.807, 2.05) is 6.07 Å². The maximum Gasteiger partial charge on any atom is 0.135 e. The summed E-state index contributed by atoms with van der Waals surface area (Å²) in [4.78, 5) is 2.42. The van der Waals surface area contributed by atoms with Crippen molar-refractivity contribution in [2.45, 2.75) is 31.1 Å². The maximum atomic E-state index is 6.22. The molecule has 3 unspecified atom stereocenters. The van der Waals surface area contributed by atoms with Gasteiger partial charge in [0.15, 0.2) is 0 Å². The van der Waals surface area contributed by atoms with Crippen molar-refractivity contribution in [1.82, 2.24) is 0 Å².